The Morgan fingerprint density at radius 3 is 1.25 bits per heavy atom. The Morgan fingerprint density at radius 2 is 0.643 bits per heavy atom. The Balaban J connectivity index is 1.04. The molecule has 0 saturated heterocycles. The van der Waals surface area contributed by atoms with Crippen molar-refractivity contribution in [2.24, 2.45) is 0 Å². The molecule has 1 aliphatic rings. The minimum atomic E-state index is 0.637. The van der Waals surface area contributed by atoms with Crippen molar-refractivity contribution in [1.29, 1.82) is 0 Å². The van der Waals surface area contributed by atoms with Crippen molar-refractivity contribution in [1.82, 2.24) is 15.0 Å². The quantitative estimate of drug-likeness (QED) is 0.172. The standard InChI is InChI=1S/C53H33N3/c1-3-13-35(14-4-1)51-54-52(36-15-5-2-6-16-36)56-53(55-51)43-24-10-23-42(30-43)48-32-39-18-8-7-17-38(39)31-47(48)41-22-9-21-37(29-41)40-27-28-44-45-25-11-19-34-20-12-26-46(50(34)45)49(44)33-40/h1-33H. The van der Waals surface area contributed by atoms with Crippen molar-refractivity contribution >= 4 is 21.5 Å². The molecule has 1 aromatic heterocycles. The molecule has 56 heavy (non-hydrogen) atoms. The van der Waals surface area contributed by atoms with E-state index in [-0.39, 0.29) is 0 Å². The van der Waals surface area contributed by atoms with Crippen LogP contribution in [0.2, 0.25) is 0 Å². The average molecular weight is 712 g/mol. The van der Waals surface area contributed by atoms with Crippen LogP contribution < -0.4 is 0 Å². The Bertz CT molecular complexity index is 3070. The lowest BCUT2D eigenvalue weighted by Crippen LogP contribution is -2.00. The average Bonchev–Trinajstić information content (AvgIpc) is 3.60. The molecule has 1 heterocycles. The van der Waals surface area contributed by atoms with Gasteiger partial charge in [0.25, 0.3) is 0 Å². The number of aromatic nitrogens is 3. The Hall–Kier alpha value is -7.49. The van der Waals surface area contributed by atoms with Gasteiger partial charge in [0.1, 0.15) is 0 Å². The minimum Gasteiger partial charge on any atom is -0.208 e. The first-order chi connectivity index (χ1) is 27.7. The maximum Gasteiger partial charge on any atom is 0.164 e. The Labute approximate surface area is 325 Å². The number of hydrogen-bond acceptors (Lipinski definition) is 3. The number of rotatable bonds is 6. The van der Waals surface area contributed by atoms with Crippen LogP contribution in [0.1, 0.15) is 0 Å². The first-order valence-corrected chi connectivity index (χ1v) is 19.0. The molecule has 1 aliphatic carbocycles. The summed E-state index contributed by atoms with van der Waals surface area (Å²) in [5.74, 6) is 1.93. The topological polar surface area (TPSA) is 38.7 Å². The maximum absolute atomic E-state index is 5.04. The molecule has 3 heteroatoms. The molecule has 0 fully saturated rings. The molecule has 0 saturated carbocycles. The summed E-state index contributed by atoms with van der Waals surface area (Å²) in [5.41, 5.74) is 15.0. The van der Waals surface area contributed by atoms with E-state index in [1.54, 1.807) is 0 Å². The van der Waals surface area contributed by atoms with Crippen LogP contribution in [0, 0.1) is 0 Å². The number of fused-ring (bicyclic) bond motifs is 4. The minimum absolute atomic E-state index is 0.637. The van der Waals surface area contributed by atoms with Gasteiger partial charge in [-0.3, -0.25) is 0 Å². The van der Waals surface area contributed by atoms with Crippen molar-refractivity contribution in [3.8, 4) is 89.8 Å². The second-order valence-electron chi connectivity index (χ2n) is 14.4. The van der Waals surface area contributed by atoms with Gasteiger partial charge < -0.3 is 0 Å². The van der Waals surface area contributed by atoms with Crippen LogP contribution in [0.3, 0.4) is 0 Å². The van der Waals surface area contributed by atoms with Crippen molar-refractivity contribution in [2.45, 2.75) is 0 Å². The molecule has 260 valence electrons. The second-order valence-corrected chi connectivity index (χ2v) is 14.4. The molecule has 10 aromatic rings. The van der Waals surface area contributed by atoms with E-state index in [4.69, 9.17) is 15.0 Å². The highest BCUT2D eigenvalue weighted by atomic mass is 15.0. The monoisotopic (exact) mass is 711 g/mol. The predicted molar refractivity (Wildman–Crippen MR) is 232 cm³/mol. The van der Waals surface area contributed by atoms with Gasteiger partial charge in [-0.25, -0.2) is 15.0 Å². The number of benzene rings is 9. The fraction of sp³-hybridized carbons (Fsp3) is 0. The van der Waals surface area contributed by atoms with Gasteiger partial charge in [0.05, 0.1) is 0 Å². The zero-order valence-corrected chi connectivity index (χ0v) is 30.4. The van der Waals surface area contributed by atoms with E-state index in [0.29, 0.717) is 17.5 Å². The second kappa shape index (κ2) is 13.1. The highest BCUT2D eigenvalue weighted by Crippen LogP contribution is 2.48. The smallest absolute Gasteiger partial charge is 0.164 e. The first kappa shape index (κ1) is 32.0. The fourth-order valence-corrected chi connectivity index (χ4v) is 8.32. The molecule has 9 aromatic carbocycles. The third-order valence-electron chi connectivity index (χ3n) is 11.0. The molecule has 3 nitrogen and oxygen atoms in total. The number of hydrogen-bond donors (Lipinski definition) is 0. The van der Waals surface area contributed by atoms with E-state index < -0.39 is 0 Å². The molecule has 0 aliphatic heterocycles. The predicted octanol–water partition coefficient (Wildman–Crippen LogP) is 13.8. The van der Waals surface area contributed by atoms with Crippen LogP contribution in [0.4, 0.5) is 0 Å². The maximum atomic E-state index is 5.04. The Kier molecular flexibility index (Phi) is 7.49. The third kappa shape index (κ3) is 5.49. The van der Waals surface area contributed by atoms with Gasteiger partial charge in [-0.05, 0) is 108 Å². The number of nitrogens with zero attached hydrogens (tertiary/aromatic N) is 3. The van der Waals surface area contributed by atoms with Crippen molar-refractivity contribution < 1.29 is 0 Å². The van der Waals surface area contributed by atoms with Crippen LogP contribution in [-0.4, -0.2) is 15.0 Å². The van der Waals surface area contributed by atoms with Crippen molar-refractivity contribution in [3.05, 3.63) is 200 Å². The van der Waals surface area contributed by atoms with Crippen LogP contribution in [0.25, 0.3) is 111 Å². The molecule has 0 atom stereocenters. The van der Waals surface area contributed by atoms with Gasteiger partial charge >= 0.3 is 0 Å². The summed E-state index contributed by atoms with van der Waals surface area (Å²) < 4.78 is 0. The van der Waals surface area contributed by atoms with E-state index in [1.807, 2.05) is 60.7 Å². The van der Waals surface area contributed by atoms with E-state index in [0.717, 1.165) is 33.4 Å². The summed E-state index contributed by atoms with van der Waals surface area (Å²) in [4.78, 5) is 15.0. The molecule has 0 amide bonds. The molecular formula is C53H33N3. The zero-order valence-electron chi connectivity index (χ0n) is 30.4. The van der Waals surface area contributed by atoms with Crippen molar-refractivity contribution in [3.63, 3.8) is 0 Å². The molecular weight excluding hydrogens is 679 g/mol. The SMILES string of the molecule is c1ccc(-c2nc(-c3ccccc3)nc(-c3cccc(-c4cc5ccccc5cc4-c4cccc(-c5ccc6c(c5)-c5cccc7cccc-6c57)c4)c3)n2)cc1. The normalized spacial score (nSPS) is 11.6. The summed E-state index contributed by atoms with van der Waals surface area (Å²) in [6, 6.07) is 71.3. The van der Waals surface area contributed by atoms with Crippen LogP contribution in [0.15, 0.2) is 200 Å². The lowest BCUT2D eigenvalue weighted by Gasteiger charge is -2.15. The summed E-state index contributed by atoms with van der Waals surface area (Å²) in [7, 11) is 0. The van der Waals surface area contributed by atoms with Gasteiger partial charge in [-0.1, -0.05) is 170 Å². The van der Waals surface area contributed by atoms with Gasteiger partial charge in [-0.2, -0.15) is 0 Å². The molecule has 0 unspecified atom stereocenters. The van der Waals surface area contributed by atoms with E-state index in [2.05, 4.69) is 140 Å². The highest BCUT2D eigenvalue weighted by Gasteiger charge is 2.22. The summed E-state index contributed by atoms with van der Waals surface area (Å²) in [6.07, 6.45) is 0. The summed E-state index contributed by atoms with van der Waals surface area (Å²) >= 11 is 0. The molecule has 11 rings (SSSR count). The lowest BCUT2D eigenvalue weighted by atomic mass is 9.89. The van der Waals surface area contributed by atoms with E-state index in [1.165, 1.54) is 60.5 Å². The Morgan fingerprint density at radius 1 is 0.214 bits per heavy atom. The zero-order chi connectivity index (χ0) is 37.0. The molecule has 0 N–H and O–H groups in total. The fourth-order valence-electron chi connectivity index (χ4n) is 8.32. The summed E-state index contributed by atoms with van der Waals surface area (Å²) in [6.45, 7) is 0. The van der Waals surface area contributed by atoms with E-state index >= 15 is 0 Å². The van der Waals surface area contributed by atoms with Crippen LogP contribution in [0.5, 0.6) is 0 Å². The molecule has 0 spiro atoms. The highest BCUT2D eigenvalue weighted by molar-refractivity contribution is 6.15. The van der Waals surface area contributed by atoms with Crippen molar-refractivity contribution in [2.75, 3.05) is 0 Å². The van der Waals surface area contributed by atoms with Crippen LogP contribution in [-0.2, 0) is 0 Å². The lowest BCUT2D eigenvalue weighted by molar-refractivity contribution is 1.07. The van der Waals surface area contributed by atoms with E-state index in [9.17, 15) is 0 Å². The van der Waals surface area contributed by atoms with Crippen LogP contribution >= 0.6 is 0 Å². The van der Waals surface area contributed by atoms with Gasteiger partial charge in [-0.15, -0.1) is 0 Å². The van der Waals surface area contributed by atoms with Gasteiger partial charge in [0.2, 0.25) is 0 Å². The summed E-state index contributed by atoms with van der Waals surface area (Å²) in [5, 5.41) is 5.03. The molecule has 0 bridgehead atoms. The first-order valence-electron chi connectivity index (χ1n) is 19.0. The van der Waals surface area contributed by atoms with Gasteiger partial charge in [0.15, 0.2) is 17.5 Å². The third-order valence-corrected chi connectivity index (χ3v) is 11.0. The van der Waals surface area contributed by atoms with Gasteiger partial charge in [0, 0.05) is 16.7 Å². The molecule has 0 radical (unpaired) electrons. The largest absolute Gasteiger partial charge is 0.208 e.